The predicted octanol–water partition coefficient (Wildman–Crippen LogP) is -17.0. The second kappa shape index (κ2) is 29.1. The van der Waals surface area contributed by atoms with Gasteiger partial charge in [0.2, 0.25) is 0 Å². The lowest BCUT2D eigenvalue weighted by molar-refractivity contribution is 0.340. The fraction of sp³-hybridized carbons (Fsp3) is 0.154. The number of rotatable bonds is 10. The van der Waals surface area contributed by atoms with Crippen LogP contribution in [0.15, 0.2) is 97.1 Å². The maximum absolute atomic E-state index is 7.76. The van der Waals surface area contributed by atoms with Crippen molar-refractivity contribution in [3.8, 4) is 0 Å². The molecule has 0 bridgehead atoms. The molecule has 36 heteroatoms. The molecule has 17 rings (SSSR count). The van der Waals surface area contributed by atoms with Crippen LogP contribution in [0.5, 0.6) is 0 Å². The molecular weight excluding hydrogens is 1350 g/mol. The van der Waals surface area contributed by atoms with Crippen LogP contribution in [0.3, 0.4) is 0 Å². The molecule has 2 fully saturated rings. The van der Waals surface area contributed by atoms with Gasteiger partial charge in [-0.25, -0.2) is 0 Å². The molecule has 4 aliphatic heterocycles. The van der Waals surface area contributed by atoms with Crippen LogP contribution in [0.1, 0.15) is 64.2 Å². The molecule has 4 heterocycles. The Bertz CT molecular complexity index is 5830. The molecule has 0 atom stereocenters. The molecule has 0 unspecified atom stereocenters. The zero-order valence-electron chi connectivity index (χ0n) is 62.5. The normalized spacial score (nSPS) is 14.8. The standard InChI is InChI=1S/C78H38B30N6/c79-41-47(85)59(97)73(60(98)48(41)86)112(74-61(99)49(87)42(80)50(88)62(74)100)32-23-38-70-40(24-32)114(76-65(103)53(91)44(82)54(92)66(76)104)78-68(106)56(94)46(84)58(96)72(78)108(70)34-25-33-35(26-36(34)111(38)30-19-11-4-12-20-30)110(29-17-9-3-10-18-29)37-21-31(109(27-13-5-1-6-14-27)28-15-7-2-8-16-28)22-39-69(37)107(33)71-57(95)45(83)55(93)67(105)77(71)113(39)75-63(101)51(89)43(81)52(90)64(75)102/h3-4,9-12,17-28H,1-2,5-8,13-16H2. The lowest BCUT2D eigenvalue weighted by Gasteiger charge is -2.50. The van der Waals surface area contributed by atoms with Crippen LogP contribution in [0, 0.1) is 0 Å². The Balaban J connectivity index is 1.08. The summed E-state index contributed by atoms with van der Waals surface area (Å²) >= 11 is 0. The topological polar surface area (TPSA) is 19.4 Å². The fourth-order valence-electron chi connectivity index (χ4n) is 18.7. The van der Waals surface area contributed by atoms with Gasteiger partial charge in [-0.1, -0.05) is 147 Å². The average Bonchev–Trinajstić information content (AvgIpc) is 0.675. The van der Waals surface area contributed by atoms with E-state index >= 15 is 0 Å². The van der Waals surface area contributed by atoms with Crippen LogP contribution in [0.4, 0.5) is 91.0 Å². The molecule has 0 spiro atoms. The van der Waals surface area contributed by atoms with Crippen molar-refractivity contribution in [3.05, 3.63) is 97.1 Å². The Morgan fingerprint density at radius 3 is 0.816 bits per heavy atom. The van der Waals surface area contributed by atoms with Crippen LogP contribution in [-0.4, -0.2) is 245 Å². The number of hydrogen-bond donors (Lipinski definition) is 0. The Morgan fingerprint density at radius 1 is 0.237 bits per heavy atom. The Labute approximate surface area is 707 Å². The summed E-state index contributed by atoms with van der Waals surface area (Å²) in [5, 5.41) is 0. The summed E-state index contributed by atoms with van der Waals surface area (Å²) in [6.45, 7) is -2.03. The average molecular weight is 1380 g/mol. The molecule has 6 aliphatic rings. The van der Waals surface area contributed by atoms with Crippen molar-refractivity contribution in [2.75, 3.05) is 29.4 Å². The third kappa shape index (κ3) is 11.4. The van der Waals surface area contributed by atoms with Crippen molar-refractivity contribution in [1.82, 2.24) is 0 Å². The zero-order chi connectivity index (χ0) is 81.0. The minimum atomic E-state index is -1.09. The van der Waals surface area contributed by atoms with Crippen molar-refractivity contribution in [2.45, 2.75) is 76.3 Å². The second-order valence-electron chi connectivity index (χ2n) is 30.5. The molecule has 0 amide bonds. The quantitative estimate of drug-likeness (QED) is 0.126. The van der Waals surface area contributed by atoms with Gasteiger partial charge in [-0.15, -0.1) is 98.3 Å². The molecule has 11 aromatic rings. The van der Waals surface area contributed by atoms with E-state index < -0.39 is 13.4 Å². The highest BCUT2D eigenvalue weighted by Crippen LogP contribution is 2.51. The second-order valence-corrected chi connectivity index (χ2v) is 30.5. The molecule has 56 radical (unpaired) electrons. The first-order valence-corrected chi connectivity index (χ1v) is 37.3. The van der Waals surface area contributed by atoms with Crippen LogP contribution in [0.2, 0.25) is 0 Å². The van der Waals surface area contributed by atoms with Crippen molar-refractivity contribution < 1.29 is 0 Å². The fourth-order valence-corrected chi connectivity index (χ4v) is 18.7. The summed E-state index contributed by atoms with van der Waals surface area (Å²) < 4.78 is 0. The Morgan fingerprint density at radius 2 is 0.500 bits per heavy atom. The van der Waals surface area contributed by atoms with Gasteiger partial charge in [-0.3, -0.25) is 0 Å². The van der Waals surface area contributed by atoms with E-state index in [9.17, 15) is 0 Å². The van der Waals surface area contributed by atoms with Gasteiger partial charge in [0.25, 0.3) is 13.4 Å². The van der Waals surface area contributed by atoms with Gasteiger partial charge >= 0.3 is 0 Å². The van der Waals surface area contributed by atoms with Gasteiger partial charge in [0.15, 0.2) is 0 Å². The summed E-state index contributed by atoms with van der Waals surface area (Å²) in [7, 11) is 200. The Hall–Kier alpha value is -7.83. The lowest BCUT2D eigenvalue weighted by atomic mass is 9.28. The van der Waals surface area contributed by atoms with E-state index in [0.717, 1.165) is 81.3 Å². The summed E-state index contributed by atoms with van der Waals surface area (Å²) in [6.07, 6.45) is 10.3. The predicted molar refractivity (Wildman–Crippen MR) is 516 cm³/mol. The van der Waals surface area contributed by atoms with Gasteiger partial charge in [-0.2, -0.15) is 0 Å². The highest BCUT2D eigenvalue weighted by atomic mass is 15.2. The molecule has 470 valence electrons. The first kappa shape index (κ1) is 78.7. The van der Waals surface area contributed by atoms with Gasteiger partial charge in [0, 0.05) is 97.4 Å². The van der Waals surface area contributed by atoms with E-state index in [1.807, 2.05) is 59.5 Å². The van der Waals surface area contributed by atoms with Crippen molar-refractivity contribution in [3.63, 3.8) is 0 Å². The molecule has 2 aliphatic carbocycles. The highest BCUT2D eigenvalue weighted by molar-refractivity contribution is 7.06. The molecule has 11 aromatic carbocycles. The third-order valence-electron chi connectivity index (χ3n) is 24.5. The minimum absolute atomic E-state index is 0.00353. The van der Waals surface area contributed by atoms with E-state index in [0.29, 0.717) is 66.9 Å². The van der Waals surface area contributed by atoms with E-state index in [2.05, 4.69) is 51.1 Å². The molecule has 114 heavy (non-hydrogen) atoms. The van der Waals surface area contributed by atoms with Crippen LogP contribution in [-0.2, 0) is 0 Å². The van der Waals surface area contributed by atoms with Crippen LogP contribution >= 0.6 is 0 Å². The maximum Gasteiger partial charge on any atom is 0.251 e. The summed E-state index contributed by atoms with van der Waals surface area (Å²) in [5.74, 6) is 0. The monoisotopic (exact) mass is 1390 g/mol. The summed E-state index contributed by atoms with van der Waals surface area (Å²) in [5.41, 5.74) is 6.77. The van der Waals surface area contributed by atoms with Gasteiger partial charge in [0.1, 0.15) is 220 Å². The van der Waals surface area contributed by atoms with Gasteiger partial charge in [0.05, 0.1) is 5.69 Å². The van der Waals surface area contributed by atoms with E-state index in [1.54, 1.807) is 11.0 Å². The maximum atomic E-state index is 7.76. The minimum Gasteiger partial charge on any atom is -0.365 e. The molecule has 0 N–H and O–H groups in total. The SMILES string of the molecule is [B]c1c([B])c([B])c(N(c2cc3c4c(c2)N(c2c([B])c([B])c([B])c([B])c2[B])c2c([B])c([B])c([B])c([B])c2B4c2cc4c(cc2N3c2ccccc2)N(c2ccccc2)c2cc(N(C3CCCCC3)C3CCCCC3)cc3c2B4c2c([B])c([B])c([B])c([B])c2N3c2c([B])c([B])c([B])c([B])c2[B])c2c([B])c([B])c([B])c([B])c2[B])c([B])c1[B]. The van der Waals surface area contributed by atoms with Crippen LogP contribution in [0.25, 0.3) is 0 Å². The third-order valence-corrected chi connectivity index (χ3v) is 24.5. The lowest BCUT2D eigenvalue weighted by Crippen LogP contribution is -2.73. The van der Waals surface area contributed by atoms with Gasteiger partial charge in [-0.05, 0) is 102 Å². The highest BCUT2D eigenvalue weighted by Gasteiger charge is 2.52. The number of fused-ring (bicyclic) bond motifs is 8. The Kier molecular flexibility index (Phi) is 20.1. The summed E-state index contributed by atoms with van der Waals surface area (Å²) in [6, 6.07) is 32.3. The number of benzene rings is 11. The van der Waals surface area contributed by atoms with E-state index in [4.69, 9.17) is 220 Å². The number of para-hydroxylation sites is 2. The van der Waals surface area contributed by atoms with Gasteiger partial charge < -0.3 is 29.4 Å². The first-order valence-electron chi connectivity index (χ1n) is 37.3. The van der Waals surface area contributed by atoms with Crippen molar-refractivity contribution >= 4 is 510 Å². The largest absolute Gasteiger partial charge is 0.365 e. The molecule has 2 saturated carbocycles. The van der Waals surface area contributed by atoms with E-state index in [1.165, 1.54) is 4.90 Å². The van der Waals surface area contributed by atoms with Crippen LogP contribution < -0.4 is 215 Å². The number of nitrogens with zero attached hydrogens (tertiary/aromatic N) is 6. The number of hydrogen-bond acceptors (Lipinski definition) is 6. The first-order chi connectivity index (χ1) is 54.3. The number of anilines is 16. The molecule has 0 aromatic heterocycles. The van der Waals surface area contributed by atoms with Crippen molar-refractivity contribution in [1.29, 1.82) is 0 Å². The molecule has 0 saturated heterocycles. The smallest absolute Gasteiger partial charge is 0.251 e. The van der Waals surface area contributed by atoms with E-state index in [-0.39, 0.29) is 205 Å². The molecular formula is C78H38B30N6. The van der Waals surface area contributed by atoms with Crippen molar-refractivity contribution in [2.24, 2.45) is 0 Å². The zero-order valence-corrected chi connectivity index (χ0v) is 62.5. The summed E-state index contributed by atoms with van der Waals surface area (Å²) in [4.78, 5) is 12.1. The molecule has 6 nitrogen and oxygen atoms in total.